The largest absolute Gasteiger partial charge is 0.416 e. The summed E-state index contributed by atoms with van der Waals surface area (Å²) >= 11 is 5.92. The molecule has 2 aromatic heterocycles. The van der Waals surface area contributed by atoms with E-state index in [1.165, 1.54) is 59.5 Å². The van der Waals surface area contributed by atoms with Crippen LogP contribution in [-0.4, -0.2) is 52.4 Å². The average Bonchev–Trinajstić information content (AvgIpc) is 3.55. The van der Waals surface area contributed by atoms with Crippen molar-refractivity contribution in [2.24, 2.45) is 0 Å². The van der Waals surface area contributed by atoms with Crippen LogP contribution in [-0.2, 0) is 13.1 Å². The van der Waals surface area contributed by atoms with E-state index in [4.69, 9.17) is 11.6 Å². The smallest absolute Gasteiger partial charge is 0.382 e. The van der Waals surface area contributed by atoms with E-state index in [-0.39, 0.29) is 23.8 Å². The number of benzene rings is 3. The third-order valence-electron chi connectivity index (χ3n) is 6.43. The molecule has 2 heterocycles. The predicted molar refractivity (Wildman–Crippen MR) is 149 cm³/mol. The third-order valence-corrected chi connectivity index (χ3v) is 6.68. The van der Waals surface area contributed by atoms with Gasteiger partial charge in [-0.25, -0.2) is 23.5 Å². The van der Waals surface area contributed by atoms with Crippen LogP contribution < -0.4 is 11.0 Å². The van der Waals surface area contributed by atoms with Crippen molar-refractivity contribution in [1.82, 2.24) is 29.1 Å². The molecule has 0 saturated carbocycles. The van der Waals surface area contributed by atoms with Crippen LogP contribution in [0.25, 0.3) is 17.1 Å². The second-order valence-corrected chi connectivity index (χ2v) is 9.91. The van der Waals surface area contributed by atoms with Crippen molar-refractivity contribution in [3.8, 4) is 17.1 Å². The summed E-state index contributed by atoms with van der Waals surface area (Å²) in [5, 5.41) is 21.2. The Balaban J connectivity index is 1.45. The second kappa shape index (κ2) is 11.8. The molecule has 0 aliphatic carbocycles. The van der Waals surface area contributed by atoms with Crippen molar-refractivity contribution in [1.29, 1.82) is 0 Å². The molecule has 0 aliphatic heterocycles. The molecule has 3 aromatic carbocycles. The van der Waals surface area contributed by atoms with Gasteiger partial charge in [0.2, 0.25) is 0 Å². The summed E-state index contributed by atoms with van der Waals surface area (Å²) in [6.07, 6.45) is -6.48. The topological polar surface area (TPSA) is 120 Å². The summed E-state index contributed by atoms with van der Waals surface area (Å²) in [6, 6.07) is 16.4. The van der Waals surface area contributed by atoms with Gasteiger partial charge in [-0.1, -0.05) is 29.8 Å². The molecule has 0 saturated heterocycles. The van der Waals surface area contributed by atoms with Crippen LogP contribution in [0.2, 0.25) is 5.02 Å². The predicted octanol–water partition coefficient (Wildman–Crippen LogP) is 4.62. The van der Waals surface area contributed by atoms with Crippen molar-refractivity contribution in [2.75, 3.05) is 5.32 Å². The Labute approximate surface area is 245 Å². The van der Waals surface area contributed by atoms with Crippen molar-refractivity contribution in [2.45, 2.75) is 32.3 Å². The lowest BCUT2D eigenvalue weighted by Gasteiger charge is -2.15. The van der Waals surface area contributed by atoms with Gasteiger partial charge in [-0.15, -0.1) is 10.2 Å². The molecule has 5 aromatic rings. The molecule has 15 heteroatoms. The Morgan fingerprint density at radius 2 is 1.79 bits per heavy atom. The fourth-order valence-electron chi connectivity index (χ4n) is 4.20. The Morgan fingerprint density at radius 3 is 2.51 bits per heavy atom. The second-order valence-electron chi connectivity index (χ2n) is 9.47. The highest BCUT2D eigenvalue weighted by molar-refractivity contribution is 6.30. The number of hydrogen-bond acceptors (Lipinski definition) is 6. The third kappa shape index (κ3) is 6.49. The van der Waals surface area contributed by atoms with Crippen LogP contribution in [0.4, 0.5) is 23.2 Å². The minimum absolute atomic E-state index is 0.0574. The Bertz CT molecular complexity index is 1850. The zero-order valence-electron chi connectivity index (χ0n) is 22.3. The molecule has 222 valence electrons. The highest BCUT2D eigenvalue weighted by Gasteiger charge is 2.39. The number of alkyl halides is 3. The number of carbonyl (C=O) groups excluding carboxylic acids is 1. The van der Waals surface area contributed by atoms with Crippen molar-refractivity contribution < 1.29 is 27.5 Å². The molecule has 43 heavy (non-hydrogen) atoms. The number of para-hydroxylation sites is 1. The van der Waals surface area contributed by atoms with Crippen LogP contribution in [0.5, 0.6) is 0 Å². The maximum absolute atomic E-state index is 13.7. The van der Waals surface area contributed by atoms with Crippen LogP contribution in [0, 0.1) is 12.7 Å². The number of carbonyl (C=O) groups is 1. The van der Waals surface area contributed by atoms with Gasteiger partial charge in [0.15, 0.2) is 17.8 Å². The molecule has 0 spiro atoms. The van der Waals surface area contributed by atoms with Gasteiger partial charge in [0.05, 0.1) is 17.8 Å². The summed E-state index contributed by atoms with van der Waals surface area (Å²) in [5.41, 5.74) is 0.814. The average molecular weight is 616 g/mol. The number of nitrogens with zero attached hydrogens (tertiary/aromatic N) is 6. The first-order chi connectivity index (χ1) is 20.4. The van der Waals surface area contributed by atoms with E-state index in [0.29, 0.717) is 32.1 Å². The van der Waals surface area contributed by atoms with Gasteiger partial charge in [0.25, 0.3) is 5.91 Å². The molecule has 0 radical (unpaired) electrons. The lowest BCUT2D eigenvalue weighted by Crippen LogP contribution is -2.37. The van der Waals surface area contributed by atoms with E-state index in [0.717, 1.165) is 4.68 Å². The van der Waals surface area contributed by atoms with E-state index < -0.39 is 36.2 Å². The number of anilines is 1. The van der Waals surface area contributed by atoms with Crippen molar-refractivity contribution in [3.63, 3.8) is 0 Å². The molecular weight excluding hydrogens is 594 g/mol. The molecule has 1 atom stereocenters. The number of hydrogen-bond donors (Lipinski definition) is 2. The first-order valence-corrected chi connectivity index (χ1v) is 13.0. The quantitative estimate of drug-likeness (QED) is 0.246. The van der Waals surface area contributed by atoms with E-state index in [1.54, 1.807) is 25.1 Å². The van der Waals surface area contributed by atoms with Gasteiger partial charge in [-0.2, -0.15) is 13.2 Å². The maximum atomic E-state index is 13.7. The minimum Gasteiger partial charge on any atom is -0.382 e. The van der Waals surface area contributed by atoms with Crippen molar-refractivity contribution in [3.05, 3.63) is 111 Å². The lowest BCUT2D eigenvalue weighted by molar-refractivity contribution is -0.207. The first-order valence-electron chi connectivity index (χ1n) is 12.7. The monoisotopic (exact) mass is 615 g/mol. The molecule has 2 N–H and O–H groups in total. The Morgan fingerprint density at radius 1 is 1.07 bits per heavy atom. The fraction of sp³-hybridized carbons (Fsp3) is 0.179. The number of halogens is 5. The fourth-order valence-corrected chi connectivity index (χ4v) is 4.33. The maximum Gasteiger partial charge on any atom is 0.416 e. The Kier molecular flexibility index (Phi) is 8.15. The van der Waals surface area contributed by atoms with Gasteiger partial charge >= 0.3 is 11.9 Å². The summed E-state index contributed by atoms with van der Waals surface area (Å²) in [4.78, 5) is 30.4. The molecule has 1 amide bonds. The summed E-state index contributed by atoms with van der Waals surface area (Å²) in [5.74, 6) is -1.12. The van der Waals surface area contributed by atoms with Gasteiger partial charge in [-0.05, 0) is 61.0 Å². The number of amides is 1. The normalized spacial score (nSPS) is 12.3. The van der Waals surface area contributed by atoms with Gasteiger partial charge in [0, 0.05) is 16.3 Å². The summed E-state index contributed by atoms with van der Waals surface area (Å²) in [7, 11) is 0. The molecule has 0 fully saturated rings. The van der Waals surface area contributed by atoms with Crippen molar-refractivity contribution >= 4 is 23.2 Å². The summed E-state index contributed by atoms with van der Waals surface area (Å²) in [6.45, 7) is 0.296. The number of rotatable bonds is 8. The standard InChI is InChI=1S/C28H22ClF4N7O3/c1-16-6-11-19(30)12-21(16)35-26(42)20-4-2-3-5-22(20)40-15-34-24(36-40)14-39-27(43)38(13-23(41)28(31,32)33)25(37-39)17-7-9-18(29)10-8-17/h2-12,15,23,41H,13-14H2,1H3,(H,35,42)/t23-/m0/s1. The lowest BCUT2D eigenvalue weighted by atomic mass is 10.1. The van der Waals surface area contributed by atoms with Crippen LogP contribution in [0.15, 0.2) is 77.9 Å². The number of nitrogens with one attached hydrogen (secondary N) is 1. The van der Waals surface area contributed by atoms with Gasteiger partial charge in [-0.3, -0.25) is 9.36 Å². The molecule has 10 nitrogen and oxygen atoms in total. The van der Waals surface area contributed by atoms with E-state index >= 15 is 0 Å². The number of aromatic nitrogens is 6. The van der Waals surface area contributed by atoms with Gasteiger partial charge < -0.3 is 10.4 Å². The number of aryl methyl sites for hydroxylation is 1. The molecule has 0 unspecified atom stereocenters. The highest BCUT2D eigenvalue weighted by Crippen LogP contribution is 2.24. The first kappa shape index (κ1) is 29.7. The summed E-state index contributed by atoms with van der Waals surface area (Å²) < 4.78 is 56.0. The van der Waals surface area contributed by atoms with E-state index in [9.17, 15) is 32.3 Å². The zero-order valence-corrected chi connectivity index (χ0v) is 23.0. The Hall–Kier alpha value is -4.82. The molecule has 0 bridgehead atoms. The van der Waals surface area contributed by atoms with Crippen LogP contribution in [0.3, 0.4) is 0 Å². The van der Waals surface area contributed by atoms with E-state index in [2.05, 4.69) is 20.5 Å². The minimum atomic E-state index is -4.97. The molecule has 0 aliphatic rings. The molecular formula is C28H22ClF4N7O3. The van der Waals surface area contributed by atoms with Crippen LogP contribution >= 0.6 is 11.6 Å². The SMILES string of the molecule is Cc1ccc(F)cc1NC(=O)c1ccccc1-n1cnc(Cn2nc(-c3ccc(Cl)cc3)n(C[C@H](O)C(F)(F)F)c2=O)n1. The zero-order chi connectivity index (χ0) is 30.9. The highest BCUT2D eigenvalue weighted by atomic mass is 35.5. The molecule has 5 rings (SSSR count). The van der Waals surface area contributed by atoms with Crippen LogP contribution in [0.1, 0.15) is 21.7 Å². The number of aliphatic hydroxyl groups excluding tert-OH is 1. The number of aliphatic hydroxyl groups is 1. The van der Waals surface area contributed by atoms with E-state index in [1.807, 2.05) is 0 Å². The van der Waals surface area contributed by atoms with Gasteiger partial charge in [0.1, 0.15) is 18.7 Å².